The molecule has 0 saturated heterocycles. The molecule has 5 nitrogen and oxygen atoms in total. The van der Waals surface area contributed by atoms with Gasteiger partial charge in [0.25, 0.3) is 5.91 Å². The van der Waals surface area contributed by atoms with E-state index >= 15 is 0 Å². The zero-order valence-corrected chi connectivity index (χ0v) is 14.8. The molecule has 0 unspecified atom stereocenters. The van der Waals surface area contributed by atoms with Crippen LogP contribution < -0.4 is 15.4 Å². The van der Waals surface area contributed by atoms with Gasteiger partial charge in [-0.05, 0) is 50.6 Å². The molecule has 132 valence electrons. The average Bonchev–Trinajstić information content (AvgIpc) is 2.58. The van der Waals surface area contributed by atoms with Crippen molar-refractivity contribution < 1.29 is 14.3 Å². The first-order valence-corrected chi connectivity index (χ1v) is 8.21. The Morgan fingerprint density at radius 3 is 2.16 bits per heavy atom. The number of ether oxygens (including phenoxy) is 1. The molecule has 25 heavy (non-hydrogen) atoms. The van der Waals surface area contributed by atoms with Crippen LogP contribution in [-0.2, 0) is 11.3 Å². The predicted molar refractivity (Wildman–Crippen MR) is 97.4 cm³/mol. The SMILES string of the molecule is CC(C)(C)Oc1ccc(CNC(=O)CNC(=O)c2ccccc2)cc1. The second-order valence-corrected chi connectivity index (χ2v) is 6.68. The third-order valence-corrected chi connectivity index (χ3v) is 3.28. The minimum atomic E-state index is -0.264. The Labute approximate surface area is 148 Å². The van der Waals surface area contributed by atoms with Gasteiger partial charge in [0.1, 0.15) is 11.4 Å². The lowest BCUT2D eigenvalue weighted by atomic mass is 10.1. The van der Waals surface area contributed by atoms with E-state index in [1.54, 1.807) is 24.3 Å². The maximum Gasteiger partial charge on any atom is 0.251 e. The molecule has 0 saturated carbocycles. The quantitative estimate of drug-likeness (QED) is 0.850. The third kappa shape index (κ3) is 6.67. The number of amides is 2. The lowest BCUT2D eigenvalue weighted by molar-refractivity contribution is -0.120. The van der Waals surface area contributed by atoms with Crippen LogP contribution in [0.25, 0.3) is 0 Å². The summed E-state index contributed by atoms with van der Waals surface area (Å²) in [5.74, 6) is 0.288. The summed E-state index contributed by atoms with van der Waals surface area (Å²) in [5.41, 5.74) is 1.25. The summed E-state index contributed by atoms with van der Waals surface area (Å²) >= 11 is 0. The van der Waals surface area contributed by atoms with Crippen molar-refractivity contribution >= 4 is 11.8 Å². The Balaban J connectivity index is 1.75. The Bertz CT molecular complexity index is 704. The Morgan fingerprint density at radius 1 is 0.920 bits per heavy atom. The van der Waals surface area contributed by atoms with Crippen LogP contribution in [0, 0.1) is 0 Å². The van der Waals surface area contributed by atoms with Gasteiger partial charge < -0.3 is 15.4 Å². The van der Waals surface area contributed by atoms with E-state index in [-0.39, 0.29) is 24.0 Å². The molecule has 2 N–H and O–H groups in total. The number of carbonyl (C=O) groups excluding carboxylic acids is 2. The van der Waals surface area contributed by atoms with Crippen LogP contribution in [-0.4, -0.2) is 24.0 Å². The van der Waals surface area contributed by atoms with Crippen LogP contribution in [0.4, 0.5) is 0 Å². The lowest BCUT2D eigenvalue weighted by Crippen LogP contribution is -2.36. The monoisotopic (exact) mass is 340 g/mol. The van der Waals surface area contributed by atoms with Crippen LogP contribution in [0.15, 0.2) is 54.6 Å². The largest absolute Gasteiger partial charge is 0.488 e. The van der Waals surface area contributed by atoms with Gasteiger partial charge in [0, 0.05) is 12.1 Å². The Hall–Kier alpha value is -2.82. The van der Waals surface area contributed by atoms with Crippen LogP contribution in [0.5, 0.6) is 5.75 Å². The van der Waals surface area contributed by atoms with Crippen molar-refractivity contribution in [2.45, 2.75) is 32.9 Å². The predicted octanol–water partition coefficient (Wildman–Crippen LogP) is 2.91. The zero-order valence-electron chi connectivity index (χ0n) is 14.8. The standard InChI is InChI=1S/C20H24N2O3/c1-20(2,3)25-17-11-9-15(10-12-17)13-21-18(23)14-22-19(24)16-7-5-4-6-8-16/h4-12H,13-14H2,1-3H3,(H,21,23)(H,22,24). The highest BCUT2D eigenvalue weighted by atomic mass is 16.5. The third-order valence-electron chi connectivity index (χ3n) is 3.28. The van der Waals surface area contributed by atoms with Crippen molar-refractivity contribution in [3.05, 3.63) is 65.7 Å². The molecule has 5 heteroatoms. The molecule has 0 aliphatic rings. The summed E-state index contributed by atoms with van der Waals surface area (Å²) in [4.78, 5) is 23.7. The lowest BCUT2D eigenvalue weighted by Gasteiger charge is -2.21. The van der Waals surface area contributed by atoms with Crippen molar-refractivity contribution in [2.75, 3.05) is 6.54 Å². The van der Waals surface area contributed by atoms with Crippen LogP contribution >= 0.6 is 0 Å². The van der Waals surface area contributed by atoms with Crippen LogP contribution in [0.1, 0.15) is 36.7 Å². The highest BCUT2D eigenvalue weighted by Crippen LogP contribution is 2.18. The second-order valence-electron chi connectivity index (χ2n) is 6.68. The Kier molecular flexibility index (Phi) is 6.17. The minimum Gasteiger partial charge on any atom is -0.488 e. The summed E-state index contributed by atoms with van der Waals surface area (Å²) in [6.45, 7) is 6.31. The summed E-state index contributed by atoms with van der Waals surface area (Å²) in [5, 5.41) is 5.38. The summed E-state index contributed by atoms with van der Waals surface area (Å²) in [6, 6.07) is 16.4. The number of hydrogen-bond donors (Lipinski definition) is 2. The summed E-state index contributed by atoms with van der Waals surface area (Å²) < 4.78 is 5.75. The van der Waals surface area contributed by atoms with Gasteiger partial charge in [-0.1, -0.05) is 30.3 Å². The van der Waals surface area contributed by atoms with Gasteiger partial charge in [-0.2, -0.15) is 0 Å². The normalized spacial score (nSPS) is 10.8. The fraction of sp³-hybridized carbons (Fsp3) is 0.300. The maximum atomic E-state index is 11.9. The molecule has 2 rings (SSSR count). The van der Waals surface area contributed by atoms with E-state index in [9.17, 15) is 9.59 Å². The van der Waals surface area contributed by atoms with E-state index in [1.807, 2.05) is 51.1 Å². The number of rotatable bonds is 6. The number of hydrogen-bond acceptors (Lipinski definition) is 3. The zero-order chi connectivity index (χ0) is 18.3. The first kappa shape index (κ1) is 18.5. The van der Waals surface area contributed by atoms with Crippen LogP contribution in [0.2, 0.25) is 0 Å². The van der Waals surface area contributed by atoms with E-state index in [4.69, 9.17) is 4.74 Å². The highest BCUT2D eigenvalue weighted by Gasteiger charge is 2.11. The summed E-state index contributed by atoms with van der Waals surface area (Å²) in [6.07, 6.45) is 0. The molecule has 0 spiro atoms. The van der Waals surface area contributed by atoms with Gasteiger partial charge in [0.15, 0.2) is 0 Å². The fourth-order valence-electron chi connectivity index (χ4n) is 2.14. The first-order chi connectivity index (χ1) is 11.8. The smallest absolute Gasteiger partial charge is 0.251 e. The molecule has 2 aromatic carbocycles. The summed E-state index contributed by atoms with van der Waals surface area (Å²) in [7, 11) is 0. The molecule has 0 atom stereocenters. The first-order valence-electron chi connectivity index (χ1n) is 8.21. The number of nitrogens with one attached hydrogen (secondary N) is 2. The molecule has 0 fully saturated rings. The van der Waals surface area contributed by atoms with Gasteiger partial charge in [-0.25, -0.2) is 0 Å². The van der Waals surface area contributed by atoms with Gasteiger partial charge in [0.2, 0.25) is 5.91 Å². The van der Waals surface area contributed by atoms with Gasteiger partial charge >= 0.3 is 0 Å². The van der Waals surface area contributed by atoms with E-state index in [2.05, 4.69) is 10.6 Å². The van der Waals surface area contributed by atoms with Crippen molar-refractivity contribution in [2.24, 2.45) is 0 Å². The molecule has 0 aliphatic carbocycles. The van der Waals surface area contributed by atoms with Gasteiger partial charge in [-0.15, -0.1) is 0 Å². The second kappa shape index (κ2) is 8.33. The van der Waals surface area contributed by atoms with Crippen molar-refractivity contribution in [1.82, 2.24) is 10.6 Å². The van der Waals surface area contributed by atoms with E-state index in [1.165, 1.54) is 0 Å². The number of carbonyl (C=O) groups is 2. The molecule has 0 radical (unpaired) electrons. The highest BCUT2D eigenvalue weighted by molar-refractivity contribution is 5.96. The Morgan fingerprint density at radius 2 is 1.56 bits per heavy atom. The molecule has 0 bridgehead atoms. The van der Waals surface area contributed by atoms with Crippen molar-refractivity contribution in [3.8, 4) is 5.75 Å². The van der Waals surface area contributed by atoms with E-state index in [0.29, 0.717) is 12.1 Å². The van der Waals surface area contributed by atoms with Crippen LogP contribution in [0.3, 0.4) is 0 Å². The minimum absolute atomic E-state index is 0.0566. The molecule has 0 aliphatic heterocycles. The molecule has 2 amide bonds. The van der Waals surface area contributed by atoms with Crippen molar-refractivity contribution in [1.29, 1.82) is 0 Å². The molecule has 0 heterocycles. The average molecular weight is 340 g/mol. The molecular weight excluding hydrogens is 316 g/mol. The molecule has 0 aromatic heterocycles. The molecule has 2 aromatic rings. The van der Waals surface area contributed by atoms with Gasteiger partial charge in [-0.3, -0.25) is 9.59 Å². The van der Waals surface area contributed by atoms with Gasteiger partial charge in [0.05, 0.1) is 6.54 Å². The molecular formula is C20H24N2O3. The fourth-order valence-corrected chi connectivity index (χ4v) is 2.14. The van der Waals surface area contributed by atoms with E-state index in [0.717, 1.165) is 11.3 Å². The number of benzene rings is 2. The maximum absolute atomic E-state index is 11.9. The van der Waals surface area contributed by atoms with Crippen molar-refractivity contribution in [3.63, 3.8) is 0 Å². The topological polar surface area (TPSA) is 67.4 Å². The van der Waals surface area contributed by atoms with E-state index < -0.39 is 0 Å².